The molecule has 0 bridgehead atoms. The predicted octanol–water partition coefficient (Wildman–Crippen LogP) is 2.17. The minimum atomic E-state index is -0.273. The largest absolute Gasteiger partial charge is 0.463 e. The standard InChI is InChI=1S/C14H20O4/c1-13(15)18-11-10-16-8-5-9-17-12-14-6-3-2-4-7-14/h2-4,6-7H,5,8-12H2,1H3. The number of ether oxygens (including phenoxy) is 3. The quantitative estimate of drug-likeness (QED) is 0.499. The van der Waals surface area contributed by atoms with E-state index in [9.17, 15) is 4.79 Å². The number of hydrogen-bond donors (Lipinski definition) is 0. The van der Waals surface area contributed by atoms with Gasteiger partial charge in [-0.25, -0.2) is 0 Å². The van der Waals surface area contributed by atoms with Crippen molar-refractivity contribution in [3.8, 4) is 0 Å². The number of hydrogen-bond acceptors (Lipinski definition) is 4. The predicted molar refractivity (Wildman–Crippen MR) is 68.2 cm³/mol. The molecule has 4 nitrogen and oxygen atoms in total. The van der Waals surface area contributed by atoms with Gasteiger partial charge in [-0.3, -0.25) is 4.79 Å². The van der Waals surface area contributed by atoms with Gasteiger partial charge in [0.25, 0.3) is 0 Å². The zero-order valence-electron chi connectivity index (χ0n) is 10.8. The van der Waals surface area contributed by atoms with E-state index >= 15 is 0 Å². The molecule has 0 atom stereocenters. The van der Waals surface area contributed by atoms with Gasteiger partial charge in [0.1, 0.15) is 6.61 Å². The molecule has 0 amide bonds. The number of esters is 1. The van der Waals surface area contributed by atoms with E-state index in [1.54, 1.807) is 0 Å². The average Bonchev–Trinajstić information content (AvgIpc) is 2.37. The van der Waals surface area contributed by atoms with Crippen LogP contribution in [-0.4, -0.2) is 32.4 Å². The molecule has 0 heterocycles. The van der Waals surface area contributed by atoms with Crippen molar-refractivity contribution in [1.82, 2.24) is 0 Å². The molecule has 1 rings (SSSR count). The lowest BCUT2D eigenvalue weighted by atomic mass is 10.2. The third kappa shape index (κ3) is 7.81. The summed E-state index contributed by atoms with van der Waals surface area (Å²) < 4.78 is 15.5. The highest BCUT2D eigenvalue weighted by Gasteiger charge is 1.94. The van der Waals surface area contributed by atoms with Gasteiger partial charge in [-0.15, -0.1) is 0 Å². The molecular weight excluding hydrogens is 232 g/mol. The summed E-state index contributed by atoms with van der Waals surface area (Å²) in [5.74, 6) is -0.273. The summed E-state index contributed by atoms with van der Waals surface area (Å²) in [5.41, 5.74) is 1.17. The van der Waals surface area contributed by atoms with E-state index in [0.717, 1.165) is 6.42 Å². The van der Waals surface area contributed by atoms with Crippen molar-refractivity contribution in [1.29, 1.82) is 0 Å². The Kier molecular flexibility index (Phi) is 7.84. The van der Waals surface area contributed by atoms with Crippen molar-refractivity contribution in [2.45, 2.75) is 20.0 Å². The Morgan fingerprint density at radius 2 is 1.72 bits per heavy atom. The molecule has 0 aromatic heterocycles. The van der Waals surface area contributed by atoms with E-state index in [1.807, 2.05) is 30.3 Å². The Hall–Kier alpha value is -1.39. The molecule has 0 radical (unpaired) electrons. The van der Waals surface area contributed by atoms with E-state index in [4.69, 9.17) is 14.2 Å². The second-order valence-corrected chi connectivity index (χ2v) is 3.84. The van der Waals surface area contributed by atoms with E-state index in [0.29, 0.717) is 33.0 Å². The fourth-order valence-electron chi connectivity index (χ4n) is 1.37. The van der Waals surface area contributed by atoms with Crippen LogP contribution in [-0.2, 0) is 25.6 Å². The van der Waals surface area contributed by atoms with Gasteiger partial charge in [-0.2, -0.15) is 0 Å². The third-order valence-corrected chi connectivity index (χ3v) is 2.22. The summed E-state index contributed by atoms with van der Waals surface area (Å²) >= 11 is 0. The Bertz CT molecular complexity index is 324. The highest BCUT2D eigenvalue weighted by molar-refractivity contribution is 5.65. The van der Waals surface area contributed by atoms with E-state index in [-0.39, 0.29) is 5.97 Å². The number of carbonyl (C=O) groups is 1. The maximum Gasteiger partial charge on any atom is 0.302 e. The third-order valence-electron chi connectivity index (χ3n) is 2.22. The van der Waals surface area contributed by atoms with E-state index < -0.39 is 0 Å². The molecule has 0 fully saturated rings. The van der Waals surface area contributed by atoms with Crippen molar-refractivity contribution < 1.29 is 19.0 Å². The Balaban J connectivity index is 1.86. The van der Waals surface area contributed by atoms with Gasteiger partial charge in [-0.1, -0.05) is 30.3 Å². The first-order valence-electron chi connectivity index (χ1n) is 6.12. The monoisotopic (exact) mass is 252 g/mol. The zero-order valence-corrected chi connectivity index (χ0v) is 10.8. The second kappa shape index (κ2) is 9.62. The Morgan fingerprint density at radius 3 is 2.44 bits per heavy atom. The van der Waals surface area contributed by atoms with Gasteiger partial charge in [0.15, 0.2) is 0 Å². The molecule has 1 aromatic carbocycles. The molecule has 0 unspecified atom stereocenters. The van der Waals surface area contributed by atoms with Crippen molar-refractivity contribution in [3.63, 3.8) is 0 Å². The van der Waals surface area contributed by atoms with Crippen molar-refractivity contribution in [2.24, 2.45) is 0 Å². The van der Waals surface area contributed by atoms with Crippen molar-refractivity contribution >= 4 is 5.97 Å². The van der Waals surface area contributed by atoms with Gasteiger partial charge in [0.05, 0.1) is 13.2 Å². The lowest BCUT2D eigenvalue weighted by Gasteiger charge is -2.06. The van der Waals surface area contributed by atoms with Crippen LogP contribution in [0.4, 0.5) is 0 Å². The highest BCUT2D eigenvalue weighted by atomic mass is 16.6. The second-order valence-electron chi connectivity index (χ2n) is 3.84. The van der Waals surface area contributed by atoms with Gasteiger partial charge < -0.3 is 14.2 Å². The van der Waals surface area contributed by atoms with Gasteiger partial charge in [0.2, 0.25) is 0 Å². The zero-order chi connectivity index (χ0) is 13.1. The molecule has 0 N–H and O–H groups in total. The maximum absolute atomic E-state index is 10.5. The maximum atomic E-state index is 10.5. The number of carbonyl (C=O) groups excluding carboxylic acids is 1. The summed E-state index contributed by atoms with van der Waals surface area (Å²) in [6.45, 7) is 4.07. The first-order chi connectivity index (χ1) is 8.79. The molecule has 0 aliphatic rings. The fraction of sp³-hybridized carbons (Fsp3) is 0.500. The van der Waals surface area contributed by atoms with Crippen LogP contribution < -0.4 is 0 Å². The van der Waals surface area contributed by atoms with Crippen LogP contribution in [0.15, 0.2) is 30.3 Å². The average molecular weight is 252 g/mol. The summed E-state index contributed by atoms with van der Waals surface area (Å²) in [5, 5.41) is 0. The summed E-state index contributed by atoms with van der Waals surface area (Å²) in [7, 11) is 0. The molecule has 0 aliphatic carbocycles. The molecule has 0 saturated carbocycles. The van der Waals surface area contributed by atoms with Gasteiger partial charge in [-0.05, 0) is 12.0 Å². The normalized spacial score (nSPS) is 10.3. The molecule has 100 valence electrons. The molecule has 0 aliphatic heterocycles. The van der Waals surface area contributed by atoms with Crippen LogP contribution in [0, 0.1) is 0 Å². The van der Waals surface area contributed by atoms with Crippen molar-refractivity contribution in [3.05, 3.63) is 35.9 Å². The van der Waals surface area contributed by atoms with E-state index in [1.165, 1.54) is 12.5 Å². The minimum absolute atomic E-state index is 0.273. The first kappa shape index (κ1) is 14.7. The van der Waals surface area contributed by atoms with E-state index in [2.05, 4.69) is 0 Å². The lowest BCUT2D eigenvalue weighted by Crippen LogP contribution is -2.09. The number of benzene rings is 1. The Morgan fingerprint density at radius 1 is 1.00 bits per heavy atom. The lowest BCUT2D eigenvalue weighted by molar-refractivity contribution is -0.142. The molecule has 0 spiro atoms. The summed E-state index contributed by atoms with van der Waals surface area (Å²) in [4.78, 5) is 10.5. The topological polar surface area (TPSA) is 44.8 Å². The molecular formula is C14H20O4. The fourth-order valence-corrected chi connectivity index (χ4v) is 1.37. The molecule has 18 heavy (non-hydrogen) atoms. The minimum Gasteiger partial charge on any atom is -0.463 e. The molecule has 4 heteroatoms. The van der Waals surface area contributed by atoms with Crippen molar-refractivity contribution in [2.75, 3.05) is 26.4 Å². The van der Waals surface area contributed by atoms with Crippen LogP contribution in [0.2, 0.25) is 0 Å². The summed E-state index contributed by atoms with van der Waals surface area (Å²) in [6, 6.07) is 10.1. The number of rotatable bonds is 9. The highest BCUT2D eigenvalue weighted by Crippen LogP contribution is 2.00. The van der Waals surface area contributed by atoms with Crippen LogP contribution >= 0.6 is 0 Å². The van der Waals surface area contributed by atoms with Crippen LogP contribution in [0.3, 0.4) is 0 Å². The summed E-state index contributed by atoms with van der Waals surface area (Å²) in [6.07, 6.45) is 0.840. The first-order valence-corrected chi connectivity index (χ1v) is 6.12. The van der Waals surface area contributed by atoms with Crippen LogP contribution in [0.1, 0.15) is 18.9 Å². The molecule has 0 saturated heterocycles. The van der Waals surface area contributed by atoms with Crippen LogP contribution in [0.25, 0.3) is 0 Å². The SMILES string of the molecule is CC(=O)OCCOCCCOCc1ccccc1. The smallest absolute Gasteiger partial charge is 0.302 e. The molecule has 1 aromatic rings. The Labute approximate surface area is 108 Å². The van der Waals surface area contributed by atoms with Crippen LogP contribution in [0.5, 0.6) is 0 Å². The van der Waals surface area contributed by atoms with Gasteiger partial charge in [0, 0.05) is 20.1 Å². The van der Waals surface area contributed by atoms with Gasteiger partial charge >= 0.3 is 5.97 Å².